The molecule has 1 atom stereocenters. The van der Waals surface area contributed by atoms with Gasteiger partial charge in [-0.3, -0.25) is 20.0 Å². The summed E-state index contributed by atoms with van der Waals surface area (Å²) in [4.78, 5) is 37.3. The lowest BCUT2D eigenvalue weighted by Crippen LogP contribution is -2.43. The Kier molecular flexibility index (Phi) is 7.58. The highest BCUT2D eigenvalue weighted by Crippen LogP contribution is 2.13. The van der Waals surface area contributed by atoms with E-state index in [1.807, 2.05) is 5.32 Å². The summed E-state index contributed by atoms with van der Waals surface area (Å²) in [5, 5.41) is 35.6. The van der Waals surface area contributed by atoms with Crippen molar-refractivity contribution in [3.8, 4) is 5.75 Å². The van der Waals surface area contributed by atoms with E-state index in [0.717, 1.165) is 5.56 Å². The summed E-state index contributed by atoms with van der Waals surface area (Å²) in [6.07, 6.45) is -1.53. The van der Waals surface area contributed by atoms with E-state index in [-0.39, 0.29) is 12.4 Å². The maximum absolute atomic E-state index is 11.6. The molecule has 0 fully saturated rings. The van der Waals surface area contributed by atoms with Gasteiger partial charge in [0.1, 0.15) is 11.8 Å². The van der Waals surface area contributed by atoms with Gasteiger partial charge in [-0.25, -0.2) is 9.59 Å². The lowest BCUT2D eigenvalue weighted by Gasteiger charge is -2.12. The minimum Gasteiger partial charge on any atom is -0.481 e. The van der Waals surface area contributed by atoms with Crippen LogP contribution in [0, 0.1) is 0 Å². The molecule has 1 amide bonds. The molecule has 0 saturated carbocycles. The van der Waals surface area contributed by atoms with E-state index in [0.29, 0.717) is 6.42 Å². The van der Waals surface area contributed by atoms with E-state index < -0.39 is 35.9 Å². The van der Waals surface area contributed by atoms with Crippen LogP contribution in [0.3, 0.4) is 0 Å². The van der Waals surface area contributed by atoms with Crippen molar-refractivity contribution in [1.82, 2.24) is 10.7 Å². The van der Waals surface area contributed by atoms with Gasteiger partial charge in [-0.2, -0.15) is 0 Å². The Bertz CT molecular complexity index is 573. The summed E-state index contributed by atoms with van der Waals surface area (Å²) in [7, 11) is 0. The van der Waals surface area contributed by atoms with Crippen LogP contribution in [0.2, 0.25) is 0 Å². The maximum Gasteiger partial charge on any atom is 0.413 e. The Morgan fingerprint density at radius 2 is 1.75 bits per heavy atom. The van der Waals surface area contributed by atoms with Gasteiger partial charge in [0.05, 0.1) is 18.4 Å². The highest BCUT2D eigenvalue weighted by molar-refractivity contribution is 5.85. The minimum atomic E-state index is -1.61. The highest BCUT2D eigenvalue weighted by atomic mass is 17.1. The summed E-state index contributed by atoms with van der Waals surface area (Å²) >= 11 is 0. The molecule has 1 unspecified atom stereocenters. The third-order valence-corrected chi connectivity index (χ3v) is 2.70. The third kappa shape index (κ3) is 7.51. The van der Waals surface area contributed by atoms with E-state index >= 15 is 0 Å². The van der Waals surface area contributed by atoms with Gasteiger partial charge < -0.3 is 20.3 Å². The predicted octanol–water partition coefficient (Wildman–Crippen LogP) is 0.257. The minimum absolute atomic E-state index is 0.00314. The summed E-state index contributed by atoms with van der Waals surface area (Å²) < 4.78 is 4.85. The largest absolute Gasteiger partial charge is 0.481 e. The number of amides is 1. The monoisotopic (exact) mass is 344 g/mol. The summed E-state index contributed by atoms with van der Waals surface area (Å²) in [6, 6.07) is 4.41. The Labute approximate surface area is 135 Å². The van der Waals surface area contributed by atoms with E-state index in [1.54, 1.807) is 12.1 Å². The number of rotatable bonds is 9. The van der Waals surface area contributed by atoms with Gasteiger partial charge in [0.25, 0.3) is 0 Å². The smallest absolute Gasteiger partial charge is 0.413 e. The Morgan fingerprint density at radius 1 is 1.12 bits per heavy atom. The van der Waals surface area contributed by atoms with Gasteiger partial charge >= 0.3 is 18.0 Å². The number of carbonyl (C=O) groups excluding carboxylic acids is 1. The number of nitrogens with one attached hydrogen (secondary N) is 1. The number of nitrogens with zero attached hydrogens (tertiary/aromatic N) is 1. The van der Waals surface area contributed by atoms with Crippen molar-refractivity contribution in [3.63, 3.8) is 0 Å². The molecule has 0 aliphatic rings. The number of aliphatic carboxylic acids is 2. The molecule has 11 heteroatoms. The van der Waals surface area contributed by atoms with E-state index in [2.05, 4.69) is 4.84 Å². The molecular weight excluding hydrogens is 328 g/mol. The van der Waals surface area contributed by atoms with E-state index in [4.69, 9.17) is 25.4 Å². The van der Waals surface area contributed by atoms with Crippen molar-refractivity contribution in [1.29, 1.82) is 0 Å². The van der Waals surface area contributed by atoms with Gasteiger partial charge in [0, 0.05) is 0 Å². The quantitative estimate of drug-likeness (QED) is 0.392. The molecule has 5 N–H and O–H groups in total. The lowest BCUT2D eigenvalue weighted by atomic mass is 10.1. The lowest BCUT2D eigenvalue weighted by molar-refractivity contribution is -0.492. The molecule has 0 saturated heterocycles. The van der Waals surface area contributed by atoms with Gasteiger partial charge in [-0.1, -0.05) is 12.1 Å². The zero-order chi connectivity index (χ0) is 18.1. The maximum atomic E-state index is 11.6. The molecule has 0 heterocycles. The molecule has 0 aliphatic carbocycles. The number of carboxylic acids is 2. The van der Waals surface area contributed by atoms with Crippen LogP contribution in [0.15, 0.2) is 24.3 Å². The van der Waals surface area contributed by atoms with Crippen molar-refractivity contribution >= 4 is 18.0 Å². The number of hydrogen-bond acceptors (Lipinski definition) is 8. The molecule has 132 valence electrons. The third-order valence-electron chi connectivity index (χ3n) is 2.70. The Balaban J connectivity index is 2.51. The second kappa shape index (κ2) is 9.42. The molecule has 1 rings (SSSR count). The van der Waals surface area contributed by atoms with Crippen LogP contribution in [-0.2, 0) is 20.8 Å². The van der Waals surface area contributed by atoms with Crippen LogP contribution in [0.25, 0.3) is 0 Å². The fourth-order valence-corrected chi connectivity index (χ4v) is 1.62. The van der Waals surface area contributed by atoms with Crippen LogP contribution in [0.1, 0.15) is 12.0 Å². The van der Waals surface area contributed by atoms with Crippen molar-refractivity contribution in [2.24, 2.45) is 0 Å². The molecular formula is C13H16N2O9. The topological polar surface area (TPSA) is 166 Å². The van der Waals surface area contributed by atoms with Crippen molar-refractivity contribution in [3.05, 3.63) is 29.8 Å². The van der Waals surface area contributed by atoms with Crippen molar-refractivity contribution in [2.75, 3.05) is 6.61 Å². The van der Waals surface area contributed by atoms with Crippen LogP contribution < -0.4 is 10.1 Å². The first-order chi connectivity index (χ1) is 11.3. The fraction of sp³-hybridized carbons (Fsp3) is 0.308. The molecule has 0 aromatic heterocycles. The first kappa shape index (κ1) is 19.3. The summed E-state index contributed by atoms with van der Waals surface area (Å²) in [6.45, 7) is 0.00314. The van der Waals surface area contributed by atoms with Crippen LogP contribution in [0.4, 0.5) is 4.79 Å². The molecule has 0 bridgehead atoms. The van der Waals surface area contributed by atoms with Gasteiger partial charge in [0.15, 0.2) is 0 Å². The molecule has 1 aromatic carbocycles. The molecule has 1 aromatic rings. The number of carboxylic acid groups (broad SMARTS) is 2. The molecule has 0 radical (unpaired) electrons. The Hall–Kier alpha value is -2.73. The second-order valence-corrected chi connectivity index (χ2v) is 4.50. The molecule has 0 aliphatic heterocycles. The van der Waals surface area contributed by atoms with E-state index in [9.17, 15) is 14.4 Å². The van der Waals surface area contributed by atoms with Crippen molar-refractivity contribution in [2.45, 2.75) is 18.9 Å². The van der Waals surface area contributed by atoms with E-state index in [1.165, 1.54) is 12.1 Å². The van der Waals surface area contributed by atoms with Gasteiger partial charge in [0.2, 0.25) is 0 Å². The fourth-order valence-electron chi connectivity index (χ4n) is 1.62. The molecule has 0 spiro atoms. The number of hydrogen-bond donors (Lipinski definition) is 5. The summed E-state index contributed by atoms with van der Waals surface area (Å²) in [5.41, 5.74) is 0.749. The molecule has 11 nitrogen and oxygen atoms in total. The number of benzene rings is 1. The van der Waals surface area contributed by atoms with Crippen LogP contribution >= 0.6 is 0 Å². The Morgan fingerprint density at radius 3 is 2.25 bits per heavy atom. The molecule has 24 heavy (non-hydrogen) atoms. The zero-order valence-electron chi connectivity index (χ0n) is 12.3. The summed E-state index contributed by atoms with van der Waals surface area (Å²) in [5.74, 6) is -2.76. The average molecular weight is 344 g/mol. The number of ether oxygens (including phenoxy) is 1. The first-order valence-corrected chi connectivity index (χ1v) is 6.60. The SMILES string of the molecule is O=C(O)CC(NC(=O)Oc1ccc(CCON(O)O)cc1)C(=O)O. The van der Waals surface area contributed by atoms with Crippen LogP contribution in [-0.4, -0.2) is 56.7 Å². The van der Waals surface area contributed by atoms with Gasteiger partial charge in [-0.15, -0.1) is 0 Å². The first-order valence-electron chi connectivity index (χ1n) is 6.60. The van der Waals surface area contributed by atoms with Crippen LogP contribution in [0.5, 0.6) is 5.75 Å². The second-order valence-electron chi connectivity index (χ2n) is 4.50. The highest BCUT2D eigenvalue weighted by Gasteiger charge is 2.23. The standard InChI is InChI=1S/C13H16N2O9/c16-11(17)7-10(12(18)19)14-13(20)24-9-3-1-8(2-4-9)5-6-23-15(21)22/h1-4,10,21-22H,5-7H2,(H,14,20)(H,16,17)(H,18,19). The number of carbonyl (C=O) groups is 3. The predicted molar refractivity (Wildman–Crippen MR) is 74.3 cm³/mol. The average Bonchev–Trinajstić information content (AvgIpc) is 2.47. The van der Waals surface area contributed by atoms with Crippen molar-refractivity contribution < 1.29 is 44.6 Å². The van der Waals surface area contributed by atoms with Gasteiger partial charge in [-0.05, 0) is 24.1 Å². The zero-order valence-corrected chi connectivity index (χ0v) is 12.3. The normalized spacial score (nSPS) is 11.8.